The number of nitrogens with zero attached hydrogens (tertiary/aromatic N) is 1. The van der Waals surface area contributed by atoms with Crippen molar-refractivity contribution in [1.82, 2.24) is 5.16 Å². The van der Waals surface area contributed by atoms with Gasteiger partial charge in [-0.3, -0.25) is 9.59 Å². The number of hydrogen-bond acceptors (Lipinski definition) is 4. The number of halogens is 4. The van der Waals surface area contributed by atoms with E-state index in [2.05, 4.69) is 15.0 Å². The molecule has 5 nitrogen and oxygen atoms in total. The molecule has 0 spiro atoms. The highest BCUT2D eigenvalue weighted by Gasteiger charge is 2.36. The Bertz CT molecular complexity index is 993. The molecule has 9 heteroatoms. The molecular weight excluding hydrogens is 380 g/mol. The Hall–Kier alpha value is -3.49. The highest BCUT2D eigenvalue weighted by atomic mass is 19.4. The molecule has 3 rings (SSSR count). The van der Waals surface area contributed by atoms with Crippen LogP contribution in [-0.2, 0) is 17.4 Å². The fraction of sp³-hybridized carbons (Fsp3) is 0.105. The van der Waals surface area contributed by atoms with Crippen molar-refractivity contribution < 1.29 is 31.7 Å². The maximum Gasteiger partial charge on any atom is 0.452 e. The van der Waals surface area contributed by atoms with Gasteiger partial charge in [0.25, 0.3) is 0 Å². The van der Waals surface area contributed by atoms with Gasteiger partial charge in [-0.2, -0.15) is 13.2 Å². The Morgan fingerprint density at radius 2 is 1.64 bits per heavy atom. The third-order valence-corrected chi connectivity index (χ3v) is 3.73. The number of hydrogen-bond donors (Lipinski definition) is 1. The predicted octanol–water partition coefficient (Wildman–Crippen LogP) is 4.24. The number of carbonyl (C=O) groups is 2. The van der Waals surface area contributed by atoms with Gasteiger partial charge in [0.15, 0.2) is 5.69 Å². The number of aromatic nitrogens is 1. The lowest BCUT2D eigenvalue weighted by molar-refractivity contribution is -0.155. The van der Waals surface area contributed by atoms with Crippen molar-refractivity contribution in [3.8, 4) is 0 Å². The van der Waals surface area contributed by atoms with Crippen LogP contribution in [0.2, 0.25) is 0 Å². The smallest absolute Gasteiger partial charge is 0.351 e. The van der Waals surface area contributed by atoms with Gasteiger partial charge in [-0.05, 0) is 42.0 Å². The second-order valence-electron chi connectivity index (χ2n) is 5.83. The number of anilines is 1. The minimum atomic E-state index is -4.73. The highest BCUT2D eigenvalue weighted by Crippen LogP contribution is 2.30. The average molecular weight is 392 g/mol. The monoisotopic (exact) mass is 392 g/mol. The van der Waals surface area contributed by atoms with Crippen LogP contribution < -0.4 is 5.32 Å². The molecule has 3 aromatic rings. The minimum absolute atomic E-state index is 0.0279. The summed E-state index contributed by atoms with van der Waals surface area (Å²) in [7, 11) is 0. The Labute approximate surface area is 156 Å². The summed E-state index contributed by atoms with van der Waals surface area (Å²) in [6.45, 7) is 0. The van der Waals surface area contributed by atoms with Gasteiger partial charge in [0.05, 0.1) is 6.42 Å². The molecule has 0 atom stereocenters. The molecule has 2 aromatic carbocycles. The molecule has 28 heavy (non-hydrogen) atoms. The quantitative estimate of drug-likeness (QED) is 0.521. The molecule has 0 saturated heterocycles. The third-order valence-electron chi connectivity index (χ3n) is 3.73. The van der Waals surface area contributed by atoms with Crippen molar-refractivity contribution >= 4 is 17.4 Å². The number of nitrogens with one attached hydrogen (secondary N) is 1. The van der Waals surface area contributed by atoms with E-state index in [1.165, 1.54) is 48.5 Å². The summed E-state index contributed by atoms with van der Waals surface area (Å²) >= 11 is 0. The van der Waals surface area contributed by atoms with Crippen LogP contribution in [0.25, 0.3) is 0 Å². The molecule has 0 radical (unpaired) electrons. The van der Waals surface area contributed by atoms with Crippen molar-refractivity contribution in [3.05, 3.63) is 83.0 Å². The Kier molecular flexibility index (Phi) is 5.25. The maximum atomic E-state index is 12.9. The standard InChI is InChI=1S/C19H12F4N2O3/c20-13-5-1-11(2-6-13)9-17(26)24-14-7-3-12(4-8-14)18(27)15-10-16(28-25-15)19(21,22)23/h1-8,10H,9H2,(H,24,26). The van der Waals surface area contributed by atoms with Gasteiger partial charge in [-0.1, -0.05) is 17.3 Å². The summed E-state index contributed by atoms with van der Waals surface area (Å²) < 4.78 is 54.5. The lowest BCUT2D eigenvalue weighted by Gasteiger charge is -2.06. The van der Waals surface area contributed by atoms with Crippen molar-refractivity contribution in [2.24, 2.45) is 0 Å². The number of ketones is 1. The molecule has 1 amide bonds. The van der Waals surface area contributed by atoms with Gasteiger partial charge in [0.2, 0.25) is 17.5 Å². The summed E-state index contributed by atoms with van der Waals surface area (Å²) in [5.74, 6) is -2.86. The van der Waals surface area contributed by atoms with Gasteiger partial charge in [0.1, 0.15) is 5.82 Å². The lowest BCUT2D eigenvalue weighted by Crippen LogP contribution is -2.14. The van der Waals surface area contributed by atoms with Crippen molar-refractivity contribution in [1.29, 1.82) is 0 Å². The number of rotatable bonds is 5. The van der Waals surface area contributed by atoms with Crippen LogP contribution in [0, 0.1) is 5.82 Å². The maximum absolute atomic E-state index is 12.9. The summed E-state index contributed by atoms with van der Waals surface area (Å²) in [6.07, 6.45) is -4.70. The Morgan fingerprint density at radius 3 is 2.21 bits per heavy atom. The first kappa shape index (κ1) is 19.3. The number of benzene rings is 2. The summed E-state index contributed by atoms with van der Waals surface area (Å²) in [5, 5.41) is 5.75. The zero-order valence-corrected chi connectivity index (χ0v) is 14.1. The van der Waals surface area contributed by atoms with E-state index < -0.39 is 29.2 Å². The number of carbonyl (C=O) groups excluding carboxylic acids is 2. The van der Waals surface area contributed by atoms with E-state index in [0.717, 1.165) is 0 Å². The van der Waals surface area contributed by atoms with Crippen molar-refractivity contribution in [2.45, 2.75) is 12.6 Å². The second kappa shape index (κ2) is 7.63. The van der Waals surface area contributed by atoms with Gasteiger partial charge in [-0.15, -0.1) is 0 Å². The number of amides is 1. The molecule has 1 aromatic heterocycles. The highest BCUT2D eigenvalue weighted by molar-refractivity contribution is 6.08. The van der Waals surface area contributed by atoms with Crippen LogP contribution in [0.3, 0.4) is 0 Å². The van der Waals surface area contributed by atoms with E-state index in [4.69, 9.17) is 0 Å². The Balaban J connectivity index is 1.64. The molecule has 1 N–H and O–H groups in total. The summed E-state index contributed by atoms with van der Waals surface area (Å²) in [4.78, 5) is 24.2. The molecule has 0 saturated carbocycles. The van der Waals surface area contributed by atoms with Gasteiger partial charge in [-0.25, -0.2) is 4.39 Å². The van der Waals surface area contributed by atoms with Gasteiger partial charge >= 0.3 is 6.18 Å². The minimum Gasteiger partial charge on any atom is -0.351 e. The molecule has 0 aliphatic heterocycles. The van der Waals surface area contributed by atoms with E-state index >= 15 is 0 Å². The van der Waals surface area contributed by atoms with Crippen molar-refractivity contribution in [2.75, 3.05) is 5.32 Å². The molecule has 1 heterocycles. The molecular formula is C19H12F4N2O3. The van der Waals surface area contributed by atoms with Crippen LogP contribution in [0.4, 0.5) is 23.2 Å². The van der Waals surface area contributed by atoms with E-state index in [-0.39, 0.29) is 17.9 Å². The van der Waals surface area contributed by atoms with Gasteiger partial charge < -0.3 is 9.84 Å². The second-order valence-corrected chi connectivity index (χ2v) is 5.83. The third kappa shape index (κ3) is 4.61. The van der Waals surface area contributed by atoms with E-state index in [0.29, 0.717) is 17.3 Å². The van der Waals surface area contributed by atoms with Crippen LogP contribution in [-0.4, -0.2) is 16.8 Å². The van der Waals surface area contributed by atoms with E-state index in [1.807, 2.05) is 0 Å². The first-order valence-electron chi connectivity index (χ1n) is 7.95. The van der Waals surface area contributed by atoms with Crippen molar-refractivity contribution in [3.63, 3.8) is 0 Å². The summed E-state index contributed by atoms with van der Waals surface area (Å²) in [6, 6.07) is 11.6. The van der Waals surface area contributed by atoms with Crippen LogP contribution in [0.15, 0.2) is 59.1 Å². The molecule has 0 fully saturated rings. The average Bonchev–Trinajstić information content (AvgIpc) is 3.14. The molecule has 0 bridgehead atoms. The van der Waals surface area contributed by atoms with Crippen LogP contribution >= 0.6 is 0 Å². The normalized spacial score (nSPS) is 11.3. The van der Waals surface area contributed by atoms with Crippen LogP contribution in [0.5, 0.6) is 0 Å². The topological polar surface area (TPSA) is 72.2 Å². The van der Waals surface area contributed by atoms with E-state index in [9.17, 15) is 27.2 Å². The lowest BCUT2D eigenvalue weighted by atomic mass is 10.1. The first-order chi connectivity index (χ1) is 13.2. The molecule has 144 valence electrons. The number of alkyl halides is 3. The first-order valence-corrected chi connectivity index (χ1v) is 7.95. The zero-order valence-electron chi connectivity index (χ0n) is 14.1. The molecule has 0 unspecified atom stereocenters. The molecule has 0 aliphatic carbocycles. The SMILES string of the molecule is O=C(Cc1ccc(F)cc1)Nc1ccc(C(=O)c2cc(C(F)(F)F)on2)cc1. The predicted molar refractivity (Wildman–Crippen MR) is 90.1 cm³/mol. The fourth-order valence-corrected chi connectivity index (χ4v) is 2.36. The van der Waals surface area contributed by atoms with Crippen LogP contribution in [0.1, 0.15) is 27.4 Å². The van der Waals surface area contributed by atoms with E-state index in [1.54, 1.807) is 0 Å². The fourth-order valence-electron chi connectivity index (χ4n) is 2.36. The van der Waals surface area contributed by atoms with Gasteiger partial charge in [0, 0.05) is 17.3 Å². The zero-order chi connectivity index (χ0) is 20.3. The Morgan fingerprint density at radius 1 is 1.00 bits per heavy atom. The largest absolute Gasteiger partial charge is 0.452 e. The molecule has 0 aliphatic rings. The summed E-state index contributed by atoms with van der Waals surface area (Å²) in [5.41, 5.74) is 0.621.